The summed E-state index contributed by atoms with van der Waals surface area (Å²) in [6.45, 7) is 6.39. The minimum atomic E-state index is -0.824. The fourth-order valence-corrected chi connectivity index (χ4v) is 7.16. The SMILES string of the molecule is CC/C=C/C=C/C=C/C=C/C=C/CCCC(=O)OCC(COC(=O)CCCCCCC/C=C/CCCCCCCCCCC)OC(=O)CCCCC/C=C/C=C/CCCCCCCCC. The van der Waals surface area contributed by atoms with E-state index in [1.54, 1.807) is 0 Å². The maximum atomic E-state index is 12.8. The van der Waals surface area contributed by atoms with Crippen molar-refractivity contribution in [3.63, 3.8) is 0 Å². The van der Waals surface area contributed by atoms with Crippen molar-refractivity contribution in [2.24, 2.45) is 0 Å². The van der Waals surface area contributed by atoms with Gasteiger partial charge < -0.3 is 14.2 Å². The lowest BCUT2D eigenvalue weighted by Gasteiger charge is -2.18. The number of ether oxygens (including phenoxy) is 3. The van der Waals surface area contributed by atoms with Gasteiger partial charge in [0.1, 0.15) is 13.2 Å². The molecule has 1 atom stereocenters. The number of unbranched alkanes of at least 4 members (excludes halogenated alkanes) is 25. The Kier molecular flexibility index (Phi) is 50.0. The van der Waals surface area contributed by atoms with Crippen molar-refractivity contribution >= 4 is 17.9 Å². The molecular formula is C59H98O6. The molecular weight excluding hydrogens is 805 g/mol. The second-order valence-electron chi connectivity index (χ2n) is 17.5. The Hall–Kier alpha value is -3.67. The molecule has 0 saturated carbocycles. The quantitative estimate of drug-likeness (QED) is 0.0199. The first-order valence-electron chi connectivity index (χ1n) is 26.8. The number of allylic oxidation sites excluding steroid dienone is 16. The Morgan fingerprint density at radius 1 is 0.323 bits per heavy atom. The molecule has 65 heavy (non-hydrogen) atoms. The maximum Gasteiger partial charge on any atom is 0.306 e. The number of hydrogen-bond acceptors (Lipinski definition) is 6. The second-order valence-corrected chi connectivity index (χ2v) is 17.5. The van der Waals surface area contributed by atoms with E-state index >= 15 is 0 Å². The fourth-order valence-electron chi connectivity index (χ4n) is 7.16. The first-order chi connectivity index (χ1) is 32.0. The van der Waals surface area contributed by atoms with Crippen molar-refractivity contribution in [2.45, 2.75) is 245 Å². The first-order valence-corrected chi connectivity index (χ1v) is 26.8. The van der Waals surface area contributed by atoms with E-state index in [1.165, 1.54) is 116 Å². The summed E-state index contributed by atoms with van der Waals surface area (Å²) in [5.41, 5.74) is 0. The van der Waals surface area contributed by atoms with Crippen molar-refractivity contribution in [3.8, 4) is 0 Å². The lowest BCUT2D eigenvalue weighted by atomic mass is 10.1. The summed E-state index contributed by atoms with van der Waals surface area (Å²) in [4.78, 5) is 38.0. The molecule has 0 spiro atoms. The topological polar surface area (TPSA) is 78.9 Å². The zero-order valence-corrected chi connectivity index (χ0v) is 42.2. The monoisotopic (exact) mass is 903 g/mol. The highest BCUT2D eigenvalue weighted by Crippen LogP contribution is 2.14. The maximum absolute atomic E-state index is 12.8. The van der Waals surface area contributed by atoms with E-state index in [2.05, 4.69) is 63.3 Å². The molecule has 0 aliphatic rings. The summed E-state index contributed by atoms with van der Waals surface area (Å²) >= 11 is 0. The molecule has 1 unspecified atom stereocenters. The van der Waals surface area contributed by atoms with Crippen molar-refractivity contribution in [2.75, 3.05) is 13.2 Å². The van der Waals surface area contributed by atoms with Gasteiger partial charge in [-0.15, -0.1) is 0 Å². The summed E-state index contributed by atoms with van der Waals surface area (Å²) in [6, 6.07) is 0. The van der Waals surface area contributed by atoms with Gasteiger partial charge in [-0.25, -0.2) is 0 Å². The molecule has 0 saturated heterocycles. The van der Waals surface area contributed by atoms with Crippen LogP contribution in [0.1, 0.15) is 239 Å². The predicted molar refractivity (Wildman–Crippen MR) is 279 cm³/mol. The average Bonchev–Trinajstić information content (AvgIpc) is 3.30. The van der Waals surface area contributed by atoms with Crippen LogP contribution < -0.4 is 0 Å². The van der Waals surface area contributed by atoms with E-state index in [1.807, 2.05) is 54.7 Å². The normalized spacial score (nSPS) is 12.8. The molecule has 0 amide bonds. The molecule has 370 valence electrons. The van der Waals surface area contributed by atoms with Crippen LogP contribution in [0.5, 0.6) is 0 Å². The number of carbonyl (C=O) groups is 3. The lowest BCUT2D eigenvalue weighted by Crippen LogP contribution is -2.30. The molecule has 6 heteroatoms. The van der Waals surface area contributed by atoms with Crippen LogP contribution in [-0.4, -0.2) is 37.2 Å². The Morgan fingerprint density at radius 3 is 1.08 bits per heavy atom. The molecule has 0 aromatic heterocycles. The van der Waals surface area contributed by atoms with Gasteiger partial charge >= 0.3 is 17.9 Å². The van der Waals surface area contributed by atoms with Crippen molar-refractivity contribution < 1.29 is 28.6 Å². The third-order valence-electron chi connectivity index (χ3n) is 11.2. The zero-order chi connectivity index (χ0) is 47.2. The standard InChI is InChI=1S/C59H98O6/c1-4-7-10-13-16-19-22-25-27-29-30-32-34-37-40-43-46-49-52-58(61)64-55-56(54-63-57(60)51-48-45-42-39-36-33-24-21-18-15-12-9-6-3)65-59(62)53-50-47-44-41-38-35-31-28-26-23-20-17-14-11-8-5-2/h9,12,15,18,21,24,28,30-33,35-36,38-39,42,56H,4-8,10-11,13-14,16-17,19-20,22-23,25-27,29,34,37,40-41,43-55H2,1-3H3/b12-9+,18-15+,24-21+,31-28+,32-30+,36-33+,38-35+,42-39+. The number of carbonyl (C=O) groups excluding carboxylic acids is 3. The van der Waals surface area contributed by atoms with Gasteiger partial charge in [-0.05, 0) is 83.5 Å². The number of rotatable bonds is 47. The van der Waals surface area contributed by atoms with Crippen LogP contribution in [0.15, 0.2) is 97.2 Å². The predicted octanol–water partition coefficient (Wildman–Crippen LogP) is 17.8. The van der Waals surface area contributed by atoms with E-state index in [0.717, 1.165) is 77.0 Å². The van der Waals surface area contributed by atoms with E-state index in [0.29, 0.717) is 12.8 Å². The van der Waals surface area contributed by atoms with Crippen molar-refractivity contribution in [3.05, 3.63) is 97.2 Å². The van der Waals surface area contributed by atoms with Crippen LogP contribution in [0.4, 0.5) is 0 Å². The summed E-state index contributed by atoms with van der Waals surface area (Å²) in [5, 5.41) is 0. The van der Waals surface area contributed by atoms with Crippen molar-refractivity contribution in [1.29, 1.82) is 0 Å². The van der Waals surface area contributed by atoms with Gasteiger partial charge in [0.05, 0.1) is 0 Å². The molecule has 6 nitrogen and oxygen atoms in total. The summed E-state index contributed by atoms with van der Waals surface area (Å²) in [5.74, 6) is -1.03. The van der Waals surface area contributed by atoms with E-state index in [-0.39, 0.29) is 44.0 Å². The van der Waals surface area contributed by atoms with Crippen LogP contribution in [0.25, 0.3) is 0 Å². The van der Waals surface area contributed by atoms with E-state index in [9.17, 15) is 14.4 Å². The summed E-state index contributed by atoms with van der Waals surface area (Å²) < 4.78 is 16.7. The van der Waals surface area contributed by atoms with E-state index in [4.69, 9.17) is 14.2 Å². The number of hydrogen-bond donors (Lipinski definition) is 0. The number of esters is 3. The minimum absolute atomic E-state index is 0.116. The molecule has 0 fully saturated rings. The Balaban J connectivity index is 4.51. The average molecular weight is 903 g/mol. The van der Waals surface area contributed by atoms with Gasteiger partial charge in [-0.2, -0.15) is 0 Å². The molecule has 0 bridgehead atoms. The van der Waals surface area contributed by atoms with Crippen LogP contribution >= 0.6 is 0 Å². The molecule has 0 aromatic rings. The molecule has 0 aliphatic heterocycles. The highest BCUT2D eigenvalue weighted by molar-refractivity contribution is 5.71. The largest absolute Gasteiger partial charge is 0.462 e. The van der Waals surface area contributed by atoms with Crippen molar-refractivity contribution in [1.82, 2.24) is 0 Å². The fraction of sp³-hybridized carbons (Fsp3) is 0.678. The zero-order valence-electron chi connectivity index (χ0n) is 42.2. The minimum Gasteiger partial charge on any atom is -0.462 e. The molecule has 0 heterocycles. The smallest absolute Gasteiger partial charge is 0.306 e. The Morgan fingerprint density at radius 2 is 0.631 bits per heavy atom. The molecule has 0 N–H and O–H groups in total. The first kappa shape index (κ1) is 61.3. The van der Waals surface area contributed by atoms with Gasteiger partial charge in [0.15, 0.2) is 6.10 Å². The Labute approximate surface area is 400 Å². The second kappa shape index (κ2) is 52.9. The van der Waals surface area contributed by atoms with Gasteiger partial charge in [-0.1, -0.05) is 234 Å². The highest BCUT2D eigenvalue weighted by atomic mass is 16.6. The van der Waals surface area contributed by atoms with Gasteiger partial charge in [-0.3, -0.25) is 14.4 Å². The van der Waals surface area contributed by atoms with Crippen LogP contribution in [-0.2, 0) is 28.6 Å². The van der Waals surface area contributed by atoms with E-state index < -0.39 is 6.10 Å². The van der Waals surface area contributed by atoms with Crippen LogP contribution in [0.2, 0.25) is 0 Å². The van der Waals surface area contributed by atoms with Crippen LogP contribution in [0.3, 0.4) is 0 Å². The third kappa shape index (κ3) is 51.2. The highest BCUT2D eigenvalue weighted by Gasteiger charge is 2.19. The molecule has 0 radical (unpaired) electrons. The summed E-state index contributed by atoms with van der Waals surface area (Å²) in [7, 11) is 0. The van der Waals surface area contributed by atoms with Gasteiger partial charge in [0.2, 0.25) is 0 Å². The van der Waals surface area contributed by atoms with Gasteiger partial charge in [0, 0.05) is 19.3 Å². The molecule has 0 aromatic carbocycles. The summed E-state index contributed by atoms with van der Waals surface area (Å²) in [6.07, 6.45) is 69.8. The molecule has 0 rings (SSSR count). The third-order valence-corrected chi connectivity index (χ3v) is 11.2. The van der Waals surface area contributed by atoms with Crippen LogP contribution in [0, 0.1) is 0 Å². The Bertz CT molecular complexity index is 1310. The molecule has 0 aliphatic carbocycles. The van der Waals surface area contributed by atoms with Gasteiger partial charge in [0.25, 0.3) is 0 Å². The lowest BCUT2D eigenvalue weighted by molar-refractivity contribution is -0.167.